The van der Waals surface area contributed by atoms with Gasteiger partial charge in [-0.25, -0.2) is 0 Å². The Morgan fingerprint density at radius 2 is 1.52 bits per heavy atom. The fraction of sp³-hybridized carbons (Fsp3) is 0.130. The molecule has 4 nitrogen and oxygen atoms in total. The van der Waals surface area contributed by atoms with Crippen molar-refractivity contribution in [3.05, 3.63) is 95.1 Å². The number of carbonyl (C=O) groups excluding carboxylic acids is 2. The van der Waals surface area contributed by atoms with Crippen LogP contribution in [-0.2, 0) is 9.53 Å². The SMILES string of the molecule is Cc1cccc(C(=O)NCC(=O)OC2c3ccccc3-c3ccccc32)c1. The number of amides is 1. The third kappa shape index (κ3) is 3.34. The molecule has 1 aliphatic carbocycles. The van der Waals surface area contributed by atoms with Gasteiger partial charge in [0.2, 0.25) is 0 Å². The van der Waals surface area contributed by atoms with Gasteiger partial charge in [-0.05, 0) is 30.2 Å². The van der Waals surface area contributed by atoms with Gasteiger partial charge in [0, 0.05) is 16.7 Å². The molecule has 0 spiro atoms. The van der Waals surface area contributed by atoms with Gasteiger partial charge in [0.15, 0.2) is 6.10 Å². The van der Waals surface area contributed by atoms with E-state index < -0.39 is 12.1 Å². The molecule has 0 heterocycles. The Kier molecular flexibility index (Phi) is 4.47. The van der Waals surface area contributed by atoms with E-state index in [4.69, 9.17) is 4.74 Å². The van der Waals surface area contributed by atoms with Crippen LogP contribution in [0, 0.1) is 6.92 Å². The first-order valence-corrected chi connectivity index (χ1v) is 8.86. The van der Waals surface area contributed by atoms with Crippen LogP contribution in [0.5, 0.6) is 0 Å². The summed E-state index contributed by atoms with van der Waals surface area (Å²) in [6, 6.07) is 23.1. The molecule has 0 aliphatic heterocycles. The highest BCUT2D eigenvalue weighted by Gasteiger charge is 2.30. The summed E-state index contributed by atoms with van der Waals surface area (Å²) in [7, 11) is 0. The summed E-state index contributed by atoms with van der Waals surface area (Å²) in [6.07, 6.45) is -0.444. The number of hydrogen-bond donors (Lipinski definition) is 1. The minimum atomic E-state index is -0.465. The Morgan fingerprint density at radius 3 is 2.15 bits per heavy atom. The zero-order valence-electron chi connectivity index (χ0n) is 14.9. The number of nitrogens with one attached hydrogen (secondary N) is 1. The van der Waals surface area contributed by atoms with E-state index >= 15 is 0 Å². The van der Waals surface area contributed by atoms with Gasteiger partial charge in [-0.3, -0.25) is 9.59 Å². The van der Waals surface area contributed by atoms with E-state index in [-0.39, 0.29) is 12.5 Å². The van der Waals surface area contributed by atoms with Gasteiger partial charge in [0.05, 0.1) is 0 Å². The van der Waals surface area contributed by atoms with E-state index in [1.54, 1.807) is 12.1 Å². The van der Waals surface area contributed by atoms with E-state index in [0.717, 1.165) is 27.8 Å². The minimum absolute atomic E-state index is 0.173. The maximum atomic E-state index is 12.4. The van der Waals surface area contributed by atoms with E-state index in [2.05, 4.69) is 5.32 Å². The number of hydrogen-bond acceptors (Lipinski definition) is 3. The first-order valence-electron chi connectivity index (χ1n) is 8.86. The Balaban J connectivity index is 1.46. The topological polar surface area (TPSA) is 55.4 Å². The molecule has 1 aliphatic rings. The molecule has 1 N–H and O–H groups in total. The molecule has 4 rings (SSSR count). The third-order valence-electron chi connectivity index (χ3n) is 4.70. The first kappa shape index (κ1) is 17.0. The maximum absolute atomic E-state index is 12.4. The molecule has 0 aromatic heterocycles. The molecule has 3 aromatic rings. The van der Waals surface area contributed by atoms with Crippen LogP contribution in [0.3, 0.4) is 0 Å². The molecule has 3 aromatic carbocycles. The lowest BCUT2D eigenvalue weighted by atomic mass is 10.1. The lowest BCUT2D eigenvalue weighted by Crippen LogP contribution is -2.31. The van der Waals surface area contributed by atoms with Gasteiger partial charge in [-0.15, -0.1) is 0 Å². The smallest absolute Gasteiger partial charge is 0.326 e. The normalized spacial score (nSPS) is 12.2. The number of benzene rings is 3. The second-order valence-corrected chi connectivity index (χ2v) is 6.60. The molecule has 0 saturated carbocycles. The number of fused-ring (bicyclic) bond motifs is 3. The van der Waals surface area contributed by atoms with E-state index in [0.29, 0.717) is 5.56 Å². The molecule has 1 amide bonds. The van der Waals surface area contributed by atoms with Crippen molar-refractivity contribution in [1.82, 2.24) is 5.32 Å². The van der Waals surface area contributed by atoms with Crippen LogP contribution in [0.1, 0.15) is 33.2 Å². The second-order valence-electron chi connectivity index (χ2n) is 6.60. The lowest BCUT2D eigenvalue weighted by Gasteiger charge is -2.15. The van der Waals surface area contributed by atoms with E-state index in [1.807, 2.05) is 67.6 Å². The molecular formula is C23H19NO3. The average Bonchev–Trinajstić information content (AvgIpc) is 3.00. The van der Waals surface area contributed by atoms with Crippen LogP contribution in [-0.4, -0.2) is 18.4 Å². The number of rotatable bonds is 4. The summed E-state index contributed by atoms with van der Waals surface area (Å²) in [4.78, 5) is 24.6. The van der Waals surface area contributed by atoms with Crippen molar-refractivity contribution in [1.29, 1.82) is 0 Å². The van der Waals surface area contributed by atoms with E-state index in [1.165, 1.54) is 0 Å². The Labute approximate surface area is 157 Å². The van der Waals surface area contributed by atoms with Gasteiger partial charge in [-0.2, -0.15) is 0 Å². The highest BCUT2D eigenvalue weighted by molar-refractivity contribution is 5.96. The molecule has 134 valence electrons. The molecule has 0 radical (unpaired) electrons. The van der Waals surface area contributed by atoms with Crippen molar-refractivity contribution in [2.45, 2.75) is 13.0 Å². The van der Waals surface area contributed by atoms with Crippen LogP contribution < -0.4 is 5.32 Å². The third-order valence-corrected chi connectivity index (χ3v) is 4.70. The summed E-state index contributed by atoms with van der Waals surface area (Å²) in [6.45, 7) is 1.74. The van der Waals surface area contributed by atoms with Crippen molar-refractivity contribution in [2.24, 2.45) is 0 Å². The van der Waals surface area contributed by atoms with Crippen LogP contribution in [0.4, 0.5) is 0 Å². The predicted octanol–water partition coefficient (Wildman–Crippen LogP) is 4.04. The van der Waals surface area contributed by atoms with Crippen LogP contribution in [0.15, 0.2) is 72.8 Å². The number of esters is 1. The largest absolute Gasteiger partial charge is 0.451 e. The van der Waals surface area contributed by atoms with Crippen LogP contribution in [0.2, 0.25) is 0 Å². The monoisotopic (exact) mass is 357 g/mol. The number of ether oxygens (including phenoxy) is 1. The molecule has 0 saturated heterocycles. The predicted molar refractivity (Wildman–Crippen MR) is 103 cm³/mol. The van der Waals surface area contributed by atoms with Crippen LogP contribution >= 0.6 is 0 Å². The molecule has 0 bridgehead atoms. The summed E-state index contributed by atoms with van der Waals surface area (Å²) < 4.78 is 5.72. The number of aryl methyl sites for hydroxylation is 1. The maximum Gasteiger partial charge on any atom is 0.326 e. The standard InChI is InChI=1S/C23H19NO3/c1-15-7-6-8-16(13-15)23(26)24-14-21(25)27-22-19-11-4-2-9-17(19)18-10-3-5-12-20(18)22/h2-13,22H,14H2,1H3,(H,24,26). The molecular weight excluding hydrogens is 338 g/mol. The van der Waals surface area contributed by atoms with Gasteiger partial charge in [0.25, 0.3) is 5.91 Å². The average molecular weight is 357 g/mol. The fourth-order valence-corrected chi connectivity index (χ4v) is 3.45. The zero-order chi connectivity index (χ0) is 18.8. The lowest BCUT2D eigenvalue weighted by molar-refractivity contribution is -0.146. The summed E-state index contributed by atoms with van der Waals surface area (Å²) in [5.41, 5.74) is 5.61. The summed E-state index contributed by atoms with van der Waals surface area (Å²) in [5, 5.41) is 2.63. The molecule has 0 fully saturated rings. The minimum Gasteiger partial charge on any atom is -0.451 e. The van der Waals surface area contributed by atoms with Crippen molar-refractivity contribution in [3.63, 3.8) is 0 Å². The fourth-order valence-electron chi connectivity index (χ4n) is 3.45. The summed E-state index contributed by atoms with van der Waals surface area (Å²) in [5.74, 6) is -0.754. The van der Waals surface area contributed by atoms with Crippen molar-refractivity contribution in [3.8, 4) is 11.1 Å². The molecule has 0 atom stereocenters. The van der Waals surface area contributed by atoms with Gasteiger partial charge in [0.1, 0.15) is 6.54 Å². The molecule has 27 heavy (non-hydrogen) atoms. The summed E-state index contributed by atoms with van der Waals surface area (Å²) >= 11 is 0. The highest BCUT2D eigenvalue weighted by Crippen LogP contribution is 2.44. The van der Waals surface area contributed by atoms with Gasteiger partial charge >= 0.3 is 5.97 Å². The van der Waals surface area contributed by atoms with Gasteiger partial charge in [-0.1, -0.05) is 66.2 Å². The molecule has 0 unspecified atom stereocenters. The first-order chi connectivity index (χ1) is 13.1. The Bertz CT molecular complexity index is 980. The second kappa shape index (κ2) is 7.08. The van der Waals surface area contributed by atoms with E-state index in [9.17, 15) is 9.59 Å². The Morgan fingerprint density at radius 1 is 0.889 bits per heavy atom. The van der Waals surface area contributed by atoms with Crippen molar-refractivity contribution >= 4 is 11.9 Å². The zero-order valence-corrected chi connectivity index (χ0v) is 14.9. The number of carbonyl (C=O) groups is 2. The quantitative estimate of drug-likeness (QED) is 0.717. The van der Waals surface area contributed by atoms with Crippen LogP contribution in [0.25, 0.3) is 11.1 Å². The Hall–Kier alpha value is -3.40. The molecule has 4 heteroatoms. The van der Waals surface area contributed by atoms with Gasteiger partial charge < -0.3 is 10.1 Å². The highest BCUT2D eigenvalue weighted by atomic mass is 16.5. The van der Waals surface area contributed by atoms with Crippen molar-refractivity contribution < 1.29 is 14.3 Å². The van der Waals surface area contributed by atoms with Crippen molar-refractivity contribution in [2.75, 3.05) is 6.54 Å².